The Morgan fingerprint density at radius 2 is 1.93 bits per heavy atom. The second kappa shape index (κ2) is 7.63. The SMILES string of the molecule is Cc1ccc(S(=O)(=O)N2CC[C@]3(CC[C@H](C(=O)N4CCCC4)O3)[C@H](C)C2)cc1F. The summed E-state index contributed by atoms with van der Waals surface area (Å²) in [7, 11) is -3.76. The van der Waals surface area contributed by atoms with Gasteiger partial charge in [-0.1, -0.05) is 13.0 Å². The highest BCUT2D eigenvalue weighted by atomic mass is 32.2. The van der Waals surface area contributed by atoms with Crippen LogP contribution in [0.1, 0.15) is 44.6 Å². The van der Waals surface area contributed by atoms with E-state index in [4.69, 9.17) is 4.74 Å². The lowest BCUT2D eigenvalue weighted by Crippen LogP contribution is -2.53. The first-order valence-electron chi connectivity index (χ1n) is 10.5. The Labute approximate surface area is 172 Å². The number of ether oxygens (including phenoxy) is 1. The van der Waals surface area contributed by atoms with Crippen LogP contribution in [0, 0.1) is 18.7 Å². The number of hydrogen-bond donors (Lipinski definition) is 0. The minimum Gasteiger partial charge on any atom is -0.362 e. The molecule has 1 aromatic carbocycles. The van der Waals surface area contributed by atoms with Crippen molar-refractivity contribution >= 4 is 15.9 Å². The van der Waals surface area contributed by atoms with Crippen LogP contribution in [0.2, 0.25) is 0 Å². The Balaban J connectivity index is 1.45. The number of amides is 1. The molecule has 1 aromatic rings. The van der Waals surface area contributed by atoms with Crippen molar-refractivity contribution in [3.05, 3.63) is 29.6 Å². The number of piperidine rings is 1. The van der Waals surface area contributed by atoms with Crippen LogP contribution in [0.15, 0.2) is 23.1 Å². The van der Waals surface area contributed by atoms with Gasteiger partial charge in [-0.3, -0.25) is 4.79 Å². The van der Waals surface area contributed by atoms with Crippen LogP contribution in [0.25, 0.3) is 0 Å². The van der Waals surface area contributed by atoms with Gasteiger partial charge in [0.1, 0.15) is 11.9 Å². The molecule has 0 aliphatic carbocycles. The van der Waals surface area contributed by atoms with Gasteiger partial charge in [0.15, 0.2) is 0 Å². The van der Waals surface area contributed by atoms with E-state index in [9.17, 15) is 17.6 Å². The van der Waals surface area contributed by atoms with E-state index in [0.717, 1.165) is 38.4 Å². The number of carbonyl (C=O) groups is 1. The molecule has 29 heavy (non-hydrogen) atoms. The van der Waals surface area contributed by atoms with Gasteiger partial charge in [-0.2, -0.15) is 4.31 Å². The predicted octanol–water partition coefficient (Wildman–Crippen LogP) is 2.70. The highest BCUT2D eigenvalue weighted by Gasteiger charge is 2.51. The number of likely N-dealkylation sites (tertiary alicyclic amines) is 1. The van der Waals surface area contributed by atoms with Crippen molar-refractivity contribution in [2.75, 3.05) is 26.2 Å². The predicted molar refractivity (Wildman–Crippen MR) is 106 cm³/mol. The number of rotatable bonds is 3. The third kappa shape index (κ3) is 3.70. The first kappa shape index (κ1) is 20.8. The molecule has 3 aliphatic rings. The molecule has 4 rings (SSSR count). The standard InChI is InChI=1S/C21H29FN2O4S/c1-15-5-6-17(13-18(15)22)29(26,27)24-12-9-21(16(2)14-24)8-7-19(28-21)20(25)23-10-3-4-11-23/h5-6,13,16,19H,3-4,7-12,14H2,1-2H3/t16-,19-,21-/m1/s1. The summed E-state index contributed by atoms with van der Waals surface area (Å²) in [5.74, 6) is -0.482. The maximum Gasteiger partial charge on any atom is 0.251 e. The number of benzene rings is 1. The van der Waals surface area contributed by atoms with Crippen LogP contribution in [0.4, 0.5) is 4.39 Å². The second-order valence-corrected chi connectivity index (χ2v) is 10.6. The number of sulfonamides is 1. The zero-order valence-electron chi connectivity index (χ0n) is 17.1. The second-order valence-electron chi connectivity index (χ2n) is 8.67. The summed E-state index contributed by atoms with van der Waals surface area (Å²) in [6, 6.07) is 4.04. The number of carbonyl (C=O) groups excluding carboxylic acids is 1. The monoisotopic (exact) mass is 424 g/mol. The quantitative estimate of drug-likeness (QED) is 0.748. The number of aryl methyl sites for hydroxylation is 1. The van der Waals surface area contributed by atoms with Crippen LogP contribution in [-0.4, -0.2) is 61.4 Å². The molecule has 3 fully saturated rings. The van der Waals surface area contributed by atoms with Gasteiger partial charge in [-0.25, -0.2) is 12.8 Å². The molecule has 0 bridgehead atoms. The van der Waals surface area contributed by atoms with E-state index in [1.165, 1.54) is 16.4 Å². The summed E-state index contributed by atoms with van der Waals surface area (Å²) >= 11 is 0. The molecule has 0 aromatic heterocycles. The minimum atomic E-state index is -3.76. The number of nitrogens with zero attached hydrogens (tertiary/aromatic N) is 2. The summed E-state index contributed by atoms with van der Waals surface area (Å²) in [5, 5.41) is 0. The Kier molecular flexibility index (Phi) is 5.46. The lowest BCUT2D eigenvalue weighted by Gasteiger charge is -2.43. The minimum absolute atomic E-state index is 0.0156. The van der Waals surface area contributed by atoms with E-state index < -0.39 is 27.5 Å². The maximum atomic E-state index is 13.9. The molecule has 1 amide bonds. The highest BCUT2D eigenvalue weighted by Crippen LogP contribution is 2.43. The van der Waals surface area contributed by atoms with E-state index in [1.54, 1.807) is 6.92 Å². The molecule has 0 unspecified atom stereocenters. The first-order valence-corrected chi connectivity index (χ1v) is 11.9. The molecule has 3 atom stereocenters. The number of halogens is 1. The Bertz CT molecular complexity index is 900. The van der Waals surface area contributed by atoms with Crippen LogP contribution in [0.5, 0.6) is 0 Å². The molecular weight excluding hydrogens is 395 g/mol. The van der Waals surface area contributed by atoms with Crippen LogP contribution in [0.3, 0.4) is 0 Å². The Morgan fingerprint density at radius 3 is 2.59 bits per heavy atom. The van der Waals surface area contributed by atoms with Gasteiger partial charge in [0, 0.05) is 26.2 Å². The molecule has 0 saturated carbocycles. The fourth-order valence-corrected chi connectivity index (χ4v) is 6.41. The average molecular weight is 425 g/mol. The molecule has 1 spiro atoms. The topological polar surface area (TPSA) is 66.9 Å². The molecule has 0 N–H and O–H groups in total. The van der Waals surface area contributed by atoms with Gasteiger partial charge >= 0.3 is 0 Å². The third-order valence-corrected chi connectivity index (χ3v) is 8.70. The fraction of sp³-hybridized carbons (Fsp3) is 0.667. The summed E-state index contributed by atoms with van der Waals surface area (Å²) in [4.78, 5) is 14.6. The Morgan fingerprint density at radius 1 is 1.21 bits per heavy atom. The van der Waals surface area contributed by atoms with Gasteiger partial charge < -0.3 is 9.64 Å². The van der Waals surface area contributed by atoms with Gasteiger partial charge in [-0.05, 0) is 62.6 Å². The van der Waals surface area contributed by atoms with Crippen LogP contribution in [-0.2, 0) is 19.6 Å². The molecule has 0 radical (unpaired) electrons. The summed E-state index contributed by atoms with van der Waals surface area (Å²) in [6.45, 7) is 5.83. The largest absolute Gasteiger partial charge is 0.362 e. The molecule has 8 heteroatoms. The lowest BCUT2D eigenvalue weighted by molar-refractivity contribution is -0.154. The van der Waals surface area contributed by atoms with Crippen molar-refractivity contribution < 1.29 is 22.3 Å². The van der Waals surface area contributed by atoms with Crippen molar-refractivity contribution in [2.24, 2.45) is 5.92 Å². The van der Waals surface area contributed by atoms with E-state index in [2.05, 4.69) is 0 Å². The smallest absolute Gasteiger partial charge is 0.251 e. The molecule has 3 saturated heterocycles. The zero-order chi connectivity index (χ0) is 20.8. The van der Waals surface area contributed by atoms with Crippen LogP contribution < -0.4 is 0 Å². The zero-order valence-corrected chi connectivity index (χ0v) is 17.9. The summed E-state index contributed by atoms with van der Waals surface area (Å²) in [5.41, 5.74) is -0.0343. The normalized spacial score (nSPS) is 30.9. The van der Waals surface area contributed by atoms with Crippen molar-refractivity contribution in [1.82, 2.24) is 9.21 Å². The average Bonchev–Trinajstić information content (AvgIpc) is 3.36. The van der Waals surface area contributed by atoms with Crippen molar-refractivity contribution in [3.63, 3.8) is 0 Å². The van der Waals surface area contributed by atoms with E-state index in [-0.39, 0.29) is 16.7 Å². The van der Waals surface area contributed by atoms with E-state index in [1.807, 2.05) is 11.8 Å². The van der Waals surface area contributed by atoms with Crippen molar-refractivity contribution in [1.29, 1.82) is 0 Å². The molecule has 160 valence electrons. The molecule has 3 aliphatic heterocycles. The van der Waals surface area contributed by atoms with E-state index >= 15 is 0 Å². The first-order chi connectivity index (χ1) is 13.7. The lowest BCUT2D eigenvalue weighted by atomic mass is 9.81. The fourth-order valence-electron chi connectivity index (χ4n) is 4.86. The highest BCUT2D eigenvalue weighted by molar-refractivity contribution is 7.89. The number of hydrogen-bond acceptors (Lipinski definition) is 4. The van der Waals surface area contributed by atoms with Gasteiger partial charge in [0.2, 0.25) is 10.0 Å². The summed E-state index contributed by atoms with van der Waals surface area (Å²) in [6.07, 6.45) is 3.69. The van der Waals surface area contributed by atoms with Crippen molar-refractivity contribution in [3.8, 4) is 0 Å². The third-order valence-electron chi connectivity index (χ3n) is 6.84. The van der Waals surface area contributed by atoms with Crippen molar-refractivity contribution in [2.45, 2.75) is 62.6 Å². The summed E-state index contributed by atoms with van der Waals surface area (Å²) < 4.78 is 47.6. The van der Waals surface area contributed by atoms with E-state index in [0.29, 0.717) is 31.5 Å². The molecule has 3 heterocycles. The molecule has 6 nitrogen and oxygen atoms in total. The maximum absolute atomic E-state index is 13.9. The van der Waals surface area contributed by atoms with Gasteiger partial charge in [0.05, 0.1) is 10.5 Å². The molecular formula is C21H29FN2O4S. The van der Waals surface area contributed by atoms with Crippen LogP contribution >= 0.6 is 0 Å². The Hall–Kier alpha value is -1.51. The van der Waals surface area contributed by atoms with Gasteiger partial charge in [0.25, 0.3) is 5.91 Å². The van der Waals surface area contributed by atoms with Gasteiger partial charge in [-0.15, -0.1) is 0 Å².